The second-order valence-corrected chi connectivity index (χ2v) is 6.32. The number of hydrogen-bond acceptors (Lipinski definition) is 3. The third-order valence-electron chi connectivity index (χ3n) is 5.22. The Hall–Kier alpha value is -1.37. The standard InChI is InChI=1S/C15H20N2O2/c16-10-11-5-4-6-12(11)17-13(18)9-15(14(17)19)7-2-1-3-8-15/h11-12H,1-9H2. The van der Waals surface area contributed by atoms with Crippen LogP contribution in [0.1, 0.15) is 57.8 Å². The monoisotopic (exact) mass is 260 g/mol. The first-order valence-electron chi connectivity index (χ1n) is 7.44. The Morgan fingerprint density at radius 3 is 2.53 bits per heavy atom. The summed E-state index contributed by atoms with van der Waals surface area (Å²) in [6.45, 7) is 0. The molecule has 1 spiro atoms. The van der Waals surface area contributed by atoms with Crippen molar-refractivity contribution in [1.29, 1.82) is 5.26 Å². The van der Waals surface area contributed by atoms with Crippen LogP contribution in [0.3, 0.4) is 0 Å². The maximum atomic E-state index is 12.7. The lowest BCUT2D eigenvalue weighted by Crippen LogP contribution is -2.44. The molecule has 19 heavy (non-hydrogen) atoms. The van der Waals surface area contributed by atoms with Gasteiger partial charge in [0, 0.05) is 6.42 Å². The molecule has 4 heteroatoms. The van der Waals surface area contributed by atoms with Crippen molar-refractivity contribution in [3.63, 3.8) is 0 Å². The molecule has 102 valence electrons. The number of amides is 2. The zero-order chi connectivity index (χ0) is 13.5. The third kappa shape index (κ3) is 1.87. The molecule has 0 N–H and O–H groups in total. The number of hydrogen-bond donors (Lipinski definition) is 0. The molecule has 2 aliphatic carbocycles. The van der Waals surface area contributed by atoms with Crippen LogP contribution >= 0.6 is 0 Å². The van der Waals surface area contributed by atoms with Crippen molar-refractivity contribution in [2.75, 3.05) is 0 Å². The molecule has 0 bridgehead atoms. The number of imide groups is 1. The molecule has 2 saturated carbocycles. The molecule has 2 unspecified atom stereocenters. The van der Waals surface area contributed by atoms with Crippen LogP contribution in [0.15, 0.2) is 0 Å². The van der Waals surface area contributed by atoms with Crippen LogP contribution in [0.5, 0.6) is 0 Å². The van der Waals surface area contributed by atoms with Gasteiger partial charge in [-0.2, -0.15) is 5.26 Å². The van der Waals surface area contributed by atoms with Crippen molar-refractivity contribution in [1.82, 2.24) is 4.90 Å². The molecule has 1 aliphatic heterocycles. The van der Waals surface area contributed by atoms with E-state index in [-0.39, 0.29) is 23.8 Å². The van der Waals surface area contributed by atoms with Gasteiger partial charge in [-0.25, -0.2) is 0 Å². The minimum Gasteiger partial charge on any atom is -0.278 e. The largest absolute Gasteiger partial charge is 0.278 e. The molecular weight excluding hydrogens is 240 g/mol. The van der Waals surface area contributed by atoms with Crippen molar-refractivity contribution in [3.05, 3.63) is 0 Å². The summed E-state index contributed by atoms with van der Waals surface area (Å²) in [5.74, 6) is -0.143. The second-order valence-electron chi connectivity index (χ2n) is 6.32. The lowest BCUT2D eigenvalue weighted by atomic mass is 9.73. The van der Waals surface area contributed by atoms with E-state index in [1.165, 1.54) is 11.3 Å². The van der Waals surface area contributed by atoms with E-state index in [4.69, 9.17) is 0 Å². The number of rotatable bonds is 1. The number of nitriles is 1. The van der Waals surface area contributed by atoms with Crippen molar-refractivity contribution < 1.29 is 9.59 Å². The Balaban J connectivity index is 1.85. The summed E-state index contributed by atoms with van der Waals surface area (Å²) in [7, 11) is 0. The summed E-state index contributed by atoms with van der Waals surface area (Å²) in [5.41, 5.74) is -0.405. The van der Waals surface area contributed by atoms with Crippen LogP contribution in [0, 0.1) is 22.7 Å². The van der Waals surface area contributed by atoms with Gasteiger partial charge in [0.2, 0.25) is 11.8 Å². The van der Waals surface area contributed by atoms with Crippen LogP contribution < -0.4 is 0 Å². The molecule has 1 heterocycles. The van der Waals surface area contributed by atoms with E-state index in [2.05, 4.69) is 6.07 Å². The maximum Gasteiger partial charge on any atom is 0.236 e. The average molecular weight is 260 g/mol. The molecule has 1 saturated heterocycles. The fourth-order valence-corrected chi connectivity index (χ4v) is 4.17. The van der Waals surface area contributed by atoms with Gasteiger partial charge in [0.05, 0.1) is 23.4 Å². The molecular formula is C15H20N2O2. The number of likely N-dealkylation sites (tertiary alicyclic amines) is 1. The van der Waals surface area contributed by atoms with Crippen LogP contribution in [0.4, 0.5) is 0 Å². The van der Waals surface area contributed by atoms with E-state index in [1.54, 1.807) is 0 Å². The topological polar surface area (TPSA) is 61.2 Å². The molecule has 2 atom stereocenters. The van der Waals surface area contributed by atoms with E-state index in [0.717, 1.165) is 44.9 Å². The van der Waals surface area contributed by atoms with Gasteiger partial charge in [0.15, 0.2) is 0 Å². The van der Waals surface area contributed by atoms with E-state index < -0.39 is 5.41 Å². The lowest BCUT2D eigenvalue weighted by Gasteiger charge is -2.32. The Morgan fingerprint density at radius 2 is 1.84 bits per heavy atom. The van der Waals surface area contributed by atoms with Crippen molar-refractivity contribution in [3.8, 4) is 6.07 Å². The van der Waals surface area contributed by atoms with Gasteiger partial charge in [-0.05, 0) is 32.1 Å². The SMILES string of the molecule is N#CC1CCCC1N1C(=O)CC2(CCCCC2)C1=O. The molecule has 0 aromatic carbocycles. The summed E-state index contributed by atoms with van der Waals surface area (Å²) in [4.78, 5) is 26.5. The molecule has 3 aliphatic rings. The quantitative estimate of drug-likeness (QED) is 0.680. The minimum absolute atomic E-state index is 0.0287. The highest BCUT2D eigenvalue weighted by Crippen LogP contribution is 2.47. The van der Waals surface area contributed by atoms with Crippen molar-refractivity contribution >= 4 is 11.8 Å². The van der Waals surface area contributed by atoms with Gasteiger partial charge in [0.25, 0.3) is 0 Å². The number of carbonyl (C=O) groups is 2. The Bertz CT molecular complexity index is 446. The molecule has 3 rings (SSSR count). The second kappa shape index (κ2) is 4.63. The summed E-state index contributed by atoms with van der Waals surface area (Å²) in [5, 5.41) is 9.17. The van der Waals surface area contributed by atoms with Crippen molar-refractivity contribution in [2.45, 2.75) is 63.8 Å². The predicted molar refractivity (Wildman–Crippen MR) is 68.7 cm³/mol. The lowest BCUT2D eigenvalue weighted by molar-refractivity contribution is -0.145. The highest BCUT2D eigenvalue weighted by Gasteiger charge is 2.54. The highest BCUT2D eigenvalue weighted by molar-refractivity contribution is 6.06. The summed E-state index contributed by atoms with van der Waals surface area (Å²) in [6.07, 6.45) is 7.98. The Morgan fingerprint density at radius 1 is 1.11 bits per heavy atom. The fraction of sp³-hybridized carbons (Fsp3) is 0.800. The Labute approximate surface area is 113 Å². The summed E-state index contributed by atoms with van der Waals surface area (Å²) < 4.78 is 0. The number of carbonyl (C=O) groups excluding carboxylic acids is 2. The zero-order valence-electron chi connectivity index (χ0n) is 11.2. The number of nitrogens with zero attached hydrogens (tertiary/aromatic N) is 2. The van der Waals surface area contributed by atoms with E-state index in [0.29, 0.717) is 6.42 Å². The van der Waals surface area contributed by atoms with E-state index in [9.17, 15) is 14.9 Å². The Kier molecular flexibility index (Phi) is 3.08. The smallest absolute Gasteiger partial charge is 0.236 e. The molecule has 4 nitrogen and oxygen atoms in total. The van der Waals surface area contributed by atoms with Gasteiger partial charge < -0.3 is 0 Å². The zero-order valence-corrected chi connectivity index (χ0v) is 11.2. The molecule has 0 radical (unpaired) electrons. The summed E-state index contributed by atoms with van der Waals surface area (Å²) in [6, 6.07) is 2.13. The molecule has 2 amide bonds. The van der Waals surface area contributed by atoms with Gasteiger partial charge in [-0.3, -0.25) is 14.5 Å². The maximum absolute atomic E-state index is 12.7. The van der Waals surface area contributed by atoms with E-state index in [1.807, 2.05) is 0 Å². The predicted octanol–water partition coefficient (Wildman–Crippen LogP) is 2.39. The van der Waals surface area contributed by atoms with Crippen LogP contribution in [0.2, 0.25) is 0 Å². The highest BCUT2D eigenvalue weighted by atomic mass is 16.2. The van der Waals surface area contributed by atoms with E-state index >= 15 is 0 Å². The van der Waals surface area contributed by atoms with Crippen molar-refractivity contribution in [2.24, 2.45) is 11.3 Å². The first-order chi connectivity index (χ1) is 9.18. The first kappa shape index (κ1) is 12.7. The normalized spacial score (nSPS) is 33.9. The van der Waals surface area contributed by atoms with Crippen LogP contribution in [-0.2, 0) is 9.59 Å². The van der Waals surface area contributed by atoms with Gasteiger partial charge >= 0.3 is 0 Å². The fourth-order valence-electron chi connectivity index (χ4n) is 4.17. The molecule has 0 aromatic rings. The van der Waals surface area contributed by atoms with Crippen LogP contribution in [0.25, 0.3) is 0 Å². The molecule has 3 fully saturated rings. The average Bonchev–Trinajstić information content (AvgIpc) is 2.95. The van der Waals surface area contributed by atoms with Crippen LogP contribution in [-0.4, -0.2) is 22.8 Å². The van der Waals surface area contributed by atoms with Gasteiger partial charge in [0.1, 0.15) is 0 Å². The van der Waals surface area contributed by atoms with Gasteiger partial charge in [-0.15, -0.1) is 0 Å². The minimum atomic E-state index is -0.405. The van der Waals surface area contributed by atoms with Gasteiger partial charge in [-0.1, -0.05) is 19.3 Å². The first-order valence-corrected chi connectivity index (χ1v) is 7.44. The molecule has 0 aromatic heterocycles. The summed E-state index contributed by atoms with van der Waals surface area (Å²) >= 11 is 0. The third-order valence-corrected chi connectivity index (χ3v) is 5.22.